The molecule has 128 valence electrons. The minimum absolute atomic E-state index is 0.184. The Balaban J connectivity index is 5.14. The fraction of sp³-hybridized carbons (Fsp3) is 0.800. The van der Waals surface area contributed by atoms with E-state index in [1.54, 1.807) is 0 Å². The third kappa shape index (κ3) is 6.01. The topological polar surface area (TPSA) is 90.0 Å². The van der Waals surface area contributed by atoms with E-state index < -0.39 is 12.0 Å². The van der Waals surface area contributed by atoms with Gasteiger partial charge in [0.1, 0.15) is 6.04 Å². The van der Waals surface area contributed by atoms with Crippen LogP contribution >= 0.6 is 0 Å². The molecule has 0 aliphatic carbocycles. The number of carboxylic acid groups (broad SMARTS) is 1. The summed E-state index contributed by atoms with van der Waals surface area (Å²) in [5, 5.41) is 11.8. The van der Waals surface area contributed by atoms with Crippen molar-refractivity contribution in [3.63, 3.8) is 0 Å². The van der Waals surface area contributed by atoms with Crippen molar-refractivity contribution in [2.45, 2.75) is 53.1 Å². The van der Waals surface area contributed by atoms with E-state index in [1.807, 2.05) is 25.7 Å². The number of carboxylic acids is 1. The third-order valence-corrected chi connectivity index (χ3v) is 3.76. The molecule has 0 saturated carbocycles. The van der Waals surface area contributed by atoms with Crippen molar-refractivity contribution in [2.75, 3.05) is 26.2 Å². The maximum absolute atomic E-state index is 12.8. The Morgan fingerprint density at radius 2 is 1.68 bits per heavy atom. The van der Waals surface area contributed by atoms with Gasteiger partial charge in [-0.2, -0.15) is 0 Å². The van der Waals surface area contributed by atoms with E-state index in [0.717, 1.165) is 13.1 Å². The van der Waals surface area contributed by atoms with Crippen molar-refractivity contribution in [3.05, 3.63) is 0 Å². The van der Waals surface area contributed by atoms with Crippen LogP contribution in [0, 0.1) is 0 Å². The quantitative estimate of drug-likeness (QED) is 0.614. The second-order valence-corrected chi connectivity index (χ2v) is 5.17. The normalized spacial score (nSPS) is 13.5. The summed E-state index contributed by atoms with van der Waals surface area (Å²) >= 11 is 0. The minimum Gasteiger partial charge on any atom is -0.480 e. The molecule has 7 heteroatoms. The monoisotopic (exact) mass is 315 g/mol. The lowest BCUT2D eigenvalue weighted by Crippen LogP contribution is -2.54. The van der Waals surface area contributed by atoms with Gasteiger partial charge >= 0.3 is 5.97 Å². The highest BCUT2D eigenvalue weighted by Crippen LogP contribution is 2.11. The van der Waals surface area contributed by atoms with E-state index in [0.29, 0.717) is 6.42 Å². The molecule has 0 aromatic carbocycles. The van der Waals surface area contributed by atoms with E-state index in [4.69, 9.17) is 0 Å². The highest BCUT2D eigenvalue weighted by molar-refractivity contribution is 5.87. The molecule has 0 aliphatic rings. The van der Waals surface area contributed by atoms with Crippen LogP contribution in [0.15, 0.2) is 0 Å². The van der Waals surface area contributed by atoms with Gasteiger partial charge in [-0.15, -0.1) is 0 Å². The number of hydrogen-bond donors (Lipinski definition) is 2. The highest BCUT2D eigenvalue weighted by atomic mass is 16.4. The summed E-state index contributed by atoms with van der Waals surface area (Å²) in [5.74, 6) is -1.46. The molecule has 2 amide bonds. The summed E-state index contributed by atoms with van der Waals surface area (Å²) in [7, 11) is 0. The Labute approximate surface area is 132 Å². The first-order valence-corrected chi connectivity index (χ1v) is 7.81. The van der Waals surface area contributed by atoms with Gasteiger partial charge in [0.2, 0.25) is 11.8 Å². The standard InChI is InChI=1S/C15H29N3O4/c1-6-13(17(7-2)8-3)14(20)18(11(4)15(21)22)10-9-16-12(5)19/h11,13H,6-10H2,1-5H3,(H,16,19)(H,21,22). The van der Waals surface area contributed by atoms with Crippen LogP contribution in [0.4, 0.5) is 0 Å². The summed E-state index contributed by atoms with van der Waals surface area (Å²) < 4.78 is 0. The zero-order chi connectivity index (χ0) is 17.3. The molecule has 0 spiro atoms. The van der Waals surface area contributed by atoms with E-state index in [-0.39, 0.29) is 30.9 Å². The molecule has 2 N–H and O–H groups in total. The molecule has 2 unspecified atom stereocenters. The fourth-order valence-electron chi connectivity index (χ4n) is 2.43. The van der Waals surface area contributed by atoms with E-state index in [9.17, 15) is 19.5 Å². The number of nitrogens with zero attached hydrogens (tertiary/aromatic N) is 2. The van der Waals surface area contributed by atoms with Gasteiger partial charge in [-0.3, -0.25) is 14.5 Å². The molecular weight excluding hydrogens is 286 g/mol. The Kier molecular flexibility index (Phi) is 9.40. The number of rotatable bonds is 10. The Morgan fingerprint density at radius 1 is 1.14 bits per heavy atom. The fourth-order valence-corrected chi connectivity index (χ4v) is 2.43. The second kappa shape index (κ2) is 10.2. The highest BCUT2D eigenvalue weighted by Gasteiger charge is 2.32. The maximum atomic E-state index is 12.8. The van der Waals surface area contributed by atoms with Gasteiger partial charge in [-0.25, -0.2) is 4.79 Å². The van der Waals surface area contributed by atoms with Crippen LogP contribution in [0.3, 0.4) is 0 Å². The van der Waals surface area contributed by atoms with Crippen LogP contribution in [-0.2, 0) is 14.4 Å². The number of aliphatic carboxylic acids is 1. The molecule has 22 heavy (non-hydrogen) atoms. The number of carbonyl (C=O) groups is 3. The molecule has 0 fully saturated rings. The largest absolute Gasteiger partial charge is 0.480 e. The van der Waals surface area contributed by atoms with Crippen LogP contribution in [0.5, 0.6) is 0 Å². The molecule has 0 bridgehead atoms. The summed E-state index contributed by atoms with van der Waals surface area (Å²) in [6.45, 7) is 10.6. The molecular formula is C15H29N3O4. The smallest absolute Gasteiger partial charge is 0.326 e. The molecule has 0 aromatic heterocycles. The van der Waals surface area contributed by atoms with Crippen LogP contribution in [-0.4, -0.2) is 71.0 Å². The summed E-state index contributed by atoms with van der Waals surface area (Å²) in [6.07, 6.45) is 0.615. The number of carbonyl (C=O) groups excluding carboxylic acids is 2. The van der Waals surface area contributed by atoms with E-state index >= 15 is 0 Å². The summed E-state index contributed by atoms with van der Waals surface area (Å²) in [4.78, 5) is 38.3. The number of likely N-dealkylation sites (N-methyl/N-ethyl adjacent to an activating group) is 1. The lowest BCUT2D eigenvalue weighted by atomic mass is 10.1. The van der Waals surface area contributed by atoms with Crippen LogP contribution < -0.4 is 5.32 Å². The van der Waals surface area contributed by atoms with Gasteiger partial charge in [-0.05, 0) is 26.4 Å². The van der Waals surface area contributed by atoms with Gasteiger partial charge in [0.15, 0.2) is 0 Å². The lowest BCUT2D eigenvalue weighted by Gasteiger charge is -2.35. The number of hydrogen-bond acceptors (Lipinski definition) is 4. The predicted octanol–water partition coefficient (Wildman–Crippen LogP) is 0.545. The predicted molar refractivity (Wildman–Crippen MR) is 84.5 cm³/mol. The Morgan fingerprint density at radius 3 is 2.05 bits per heavy atom. The molecule has 0 aliphatic heterocycles. The van der Waals surface area contributed by atoms with Crippen LogP contribution in [0.2, 0.25) is 0 Å². The van der Waals surface area contributed by atoms with Crippen molar-refractivity contribution in [1.82, 2.24) is 15.1 Å². The summed E-state index contributed by atoms with van der Waals surface area (Å²) in [5.41, 5.74) is 0. The van der Waals surface area contributed by atoms with E-state index in [2.05, 4.69) is 5.32 Å². The molecule has 0 heterocycles. The van der Waals surface area contributed by atoms with Crippen molar-refractivity contribution in [2.24, 2.45) is 0 Å². The average Bonchev–Trinajstić information content (AvgIpc) is 2.47. The number of nitrogens with one attached hydrogen (secondary N) is 1. The maximum Gasteiger partial charge on any atom is 0.326 e. The first kappa shape index (κ1) is 20.4. The van der Waals surface area contributed by atoms with Gasteiger partial charge < -0.3 is 15.3 Å². The number of amides is 2. The van der Waals surface area contributed by atoms with Crippen molar-refractivity contribution in [3.8, 4) is 0 Å². The zero-order valence-electron chi connectivity index (χ0n) is 14.3. The third-order valence-electron chi connectivity index (χ3n) is 3.76. The van der Waals surface area contributed by atoms with Crippen molar-refractivity contribution < 1.29 is 19.5 Å². The van der Waals surface area contributed by atoms with Crippen LogP contribution in [0.25, 0.3) is 0 Å². The van der Waals surface area contributed by atoms with Crippen molar-refractivity contribution >= 4 is 17.8 Å². The van der Waals surface area contributed by atoms with Crippen molar-refractivity contribution in [1.29, 1.82) is 0 Å². The van der Waals surface area contributed by atoms with Gasteiger partial charge in [-0.1, -0.05) is 20.8 Å². The van der Waals surface area contributed by atoms with Gasteiger partial charge in [0.25, 0.3) is 0 Å². The first-order chi connectivity index (χ1) is 10.3. The van der Waals surface area contributed by atoms with Crippen LogP contribution in [0.1, 0.15) is 41.0 Å². The molecule has 0 saturated heterocycles. The molecule has 0 radical (unpaired) electrons. The molecule has 0 rings (SSSR count). The average molecular weight is 315 g/mol. The molecule has 7 nitrogen and oxygen atoms in total. The van der Waals surface area contributed by atoms with E-state index in [1.165, 1.54) is 18.7 Å². The Bertz CT molecular complexity index is 383. The SMILES string of the molecule is CCC(C(=O)N(CCNC(C)=O)C(C)C(=O)O)N(CC)CC. The summed E-state index contributed by atoms with van der Waals surface area (Å²) in [6, 6.07) is -1.26. The lowest BCUT2D eigenvalue weighted by molar-refractivity contribution is -0.152. The first-order valence-electron chi connectivity index (χ1n) is 7.81. The zero-order valence-corrected chi connectivity index (χ0v) is 14.3. The minimum atomic E-state index is -1.05. The Hall–Kier alpha value is -1.63. The second-order valence-electron chi connectivity index (χ2n) is 5.17. The van der Waals surface area contributed by atoms with Gasteiger partial charge in [0, 0.05) is 20.0 Å². The molecule has 0 aromatic rings. The molecule has 2 atom stereocenters. The van der Waals surface area contributed by atoms with Gasteiger partial charge in [0.05, 0.1) is 6.04 Å².